The number of benzene rings is 1. The molecule has 1 aromatic rings. The molecule has 0 amide bonds. The molecule has 1 aliphatic rings. The molecule has 7 heteroatoms. The maximum absolute atomic E-state index is 12.0. The smallest absolute Gasteiger partial charge is 0.215 e. The summed E-state index contributed by atoms with van der Waals surface area (Å²) in [6.45, 7) is 5.22. The van der Waals surface area contributed by atoms with Crippen molar-refractivity contribution in [2.75, 3.05) is 39.4 Å². The lowest BCUT2D eigenvalue weighted by atomic mass is 10.2. The predicted molar refractivity (Wildman–Crippen MR) is 93.2 cm³/mol. The molecule has 0 spiro atoms. The number of nitrogens with zero attached hydrogens (tertiary/aromatic N) is 1. The monoisotopic (exact) mass is 360 g/mol. The van der Waals surface area contributed by atoms with Crippen LogP contribution in [-0.2, 0) is 20.5 Å². The van der Waals surface area contributed by atoms with Crippen molar-refractivity contribution in [1.29, 1.82) is 0 Å². The number of nitrogens with one attached hydrogen (secondary N) is 1. The molecule has 0 atom stereocenters. The van der Waals surface area contributed by atoms with Gasteiger partial charge in [0.1, 0.15) is 0 Å². The average Bonchev–Trinajstić information content (AvgIpc) is 2.51. The Balaban J connectivity index is 1.59. The topological polar surface area (TPSA) is 58.6 Å². The van der Waals surface area contributed by atoms with Gasteiger partial charge in [0.05, 0.1) is 19.0 Å². The van der Waals surface area contributed by atoms with Gasteiger partial charge in [0, 0.05) is 24.7 Å². The lowest BCUT2D eigenvalue weighted by molar-refractivity contribution is 0.0371. The molecular weight excluding hydrogens is 336 g/mol. The van der Waals surface area contributed by atoms with Gasteiger partial charge in [-0.2, -0.15) is 0 Å². The second-order valence-electron chi connectivity index (χ2n) is 5.80. The van der Waals surface area contributed by atoms with E-state index in [-0.39, 0.29) is 5.75 Å². The molecule has 5 nitrogen and oxygen atoms in total. The first kappa shape index (κ1) is 18.7. The zero-order valence-corrected chi connectivity index (χ0v) is 14.9. The predicted octanol–water partition coefficient (Wildman–Crippen LogP) is 2.26. The van der Waals surface area contributed by atoms with Crippen LogP contribution in [0.15, 0.2) is 24.3 Å². The zero-order chi connectivity index (χ0) is 16.5. The first-order chi connectivity index (χ1) is 11.1. The molecule has 2 rings (SSSR count). The summed E-state index contributed by atoms with van der Waals surface area (Å²) >= 11 is 5.87. The van der Waals surface area contributed by atoms with Crippen LogP contribution in [0.25, 0.3) is 0 Å². The average molecular weight is 361 g/mol. The molecule has 0 saturated carbocycles. The second-order valence-corrected chi connectivity index (χ2v) is 8.04. The third-order valence-corrected chi connectivity index (χ3v) is 5.41. The Morgan fingerprint density at radius 3 is 2.70 bits per heavy atom. The van der Waals surface area contributed by atoms with Gasteiger partial charge in [0.25, 0.3) is 0 Å². The molecule has 23 heavy (non-hydrogen) atoms. The lowest BCUT2D eigenvalue weighted by Crippen LogP contribution is -2.36. The molecule has 0 bridgehead atoms. The van der Waals surface area contributed by atoms with E-state index in [1.807, 2.05) is 0 Å². The number of halogens is 1. The molecule has 0 aliphatic carbocycles. The standard InChI is InChI=1S/C16H25ClN2O3S/c17-16-6-4-5-15(13-16)14-23(20,21)18-7-2-1-3-8-19-9-11-22-12-10-19/h4-6,13,18H,1-3,7-12,14H2. The summed E-state index contributed by atoms with van der Waals surface area (Å²) in [6.07, 6.45) is 2.98. The summed E-state index contributed by atoms with van der Waals surface area (Å²) in [5.74, 6) is -0.0265. The molecule has 1 N–H and O–H groups in total. The Labute approximate surface area is 144 Å². The summed E-state index contributed by atoms with van der Waals surface area (Å²) in [6, 6.07) is 6.95. The van der Waals surface area contributed by atoms with E-state index in [1.54, 1.807) is 24.3 Å². The normalized spacial score (nSPS) is 16.6. The van der Waals surface area contributed by atoms with Crippen molar-refractivity contribution in [2.24, 2.45) is 0 Å². The number of rotatable bonds is 9. The maximum Gasteiger partial charge on any atom is 0.215 e. The summed E-state index contributed by atoms with van der Waals surface area (Å²) in [7, 11) is -3.29. The highest BCUT2D eigenvalue weighted by Crippen LogP contribution is 2.12. The van der Waals surface area contributed by atoms with Crippen LogP contribution in [0.1, 0.15) is 24.8 Å². The first-order valence-corrected chi connectivity index (χ1v) is 10.1. The fourth-order valence-corrected chi connectivity index (χ4v) is 3.98. The molecule has 0 radical (unpaired) electrons. The van der Waals surface area contributed by atoms with Gasteiger partial charge in [-0.3, -0.25) is 4.90 Å². The van der Waals surface area contributed by atoms with Crippen LogP contribution in [0.3, 0.4) is 0 Å². The zero-order valence-electron chi connectivity index (χ0n) is 13.3. The largest absolute Gasteiger partial charge is 0.379 e. The molecule has 1 aromatic carbocycles. The minimum atomic E-state index is -3.29. The van der Waals surface area contributed by atoms with Crippen molar-refractivity contribution < 1.29 is 13.2 Å². The van der Waals surface area contributed by atoms with Gasteiger partial charge in [0.15, 0.2) is 0 Å². The molecular formula is C16H25ClN2O3S. The van der Waals surface area contributed by atoms with E-state index in [0.717, 1.165) is 52.1 Å². The van der Waals surface area contributed by atoms with Crippen molar-refractivity contribution in [3.8, 4) is 0 Å². The maximum atomic E-state index is 12.0. The van der Waals surface area contributed by atoms with E-state index in [2.05, 4.69) is 9.62 Å². The minimum absolute atomic E-state index is 0.0265. The van der Waals surface area contributed by atoms with Crippen molar-refractivity contribution in [2.45, 2.75) is 25.0 Å². The number of hydrogen-bond donors (Lipinski definition) is 1. The SMILES string of the molecule is O=S(=O)(Cc1cccc(Cl)c1)NCCCCCN1CCOCC1. The highest BCUT2D eigenvalue weighted by molar-refractivity contribution is 7.88. The van der Waals surface area contributed by atoms with Crippen LogP contribution in [0.5, 0.6) is 0 Å². The van der Waals surface area contributed by atoms with Crippen LogP contribution in [0.2, 0.25) is 5.02 Å². The summed E-state index contributed by atoms with van der Waals surface area (Å²) in [5, 5.41) is 0.556. The van der Waals surface area contributed by atoms with Gasteiger partial charge < -0.3 is 4.74 Å². The van der Waals surface area contributed by atoms with Gasteiger partial charge in [0.2, 0.25) is 10.0 Å². The Morgan fingerprint density at radius 1 is 1.17 bits per heavy atom. The summed E-state index contributed by atoms with van der Waals surface area (Å²) < 4.78 is 32.0. The Bertz CT molecular complexity index is 574. The minimum Gasteiger partial charge on any atom is -0.379 e. The number of unbranched alkanes of at least 4 members (excludes halogenated alkanes) is 2. The Morgan fingerprint density at radius 2 is 1.96 bits per heavy atom. The van der Waals surface area contributed by atoms with Gasteiger partial charge in [-0.05, 0) is 37.1 Å². The summed E-state index contributed by atoms with van der Waals surface area (Å²) in [5.41, 5.74) is 0.706. The molecule has 0 aromatic heterocycles. The number of morpholine rings is 1. The quantitative estimate of drug-likeness (QED) is 0.686. The molecule has 1 heterocycles. The molecule has 1 aliphatic heterocycles. The third kappa shape index (κ3) is 7.63. The number of sulfonamides is 1. The molecule has 0 unspecified atom stereocenters. The van der Waals surface area contributed by atoms with Crippen LogP contribution in [-0.4, -0.2) is 52.7 Å². The fraction of sp³-hybridized carbons (Fsp3) is 0.625. The van der Waals surface area contributed by atoms with Crippen molar-refractivity contribution >= 4 is 21.6 Å². The van der Waals surface area contributed by atoms with Crippen LogP contribution in [0, 0.1) is 0 Å². The molecule has 1 fully saturated rings. The highest BCUT2D eigenvalue weighted by atomic mass is 35.5. The molecule has 130 valence electrons. The number of ether oxygens (including phenoxy) is 1. The van der Waals surface area contributed by atoms with Crippen molar-refractivity contribution in [3.63, 3.8) is 0 Å². The van der Waals surface area contributed by atoms with Gasteiger partial charge >= 0.3 is 0 Å². The van der Waals surface area contributed by atoms with Gasteiger partial charge in [-0.15, -0.1) is 0 Å². The fourth-order valence-electron chi connectivity index (χ4n) is 2.59. The lowest BCUT2D eigenvalue weighted by Gasteiger charge is -2.26. The van der Waals surface area contributed by atoms with E-state index < -0.39 is 10.0 Å². The van der Waals surface area contributed by atoms with Crippen LogP contribution < -0.4 is 4.72 Å². The first-order valence-electron chi connectivity index (χ1n) is 8.07. The van der Waals surface area contributed by atoms with E-state index in [1.165, 1.54) is 0 Å². The van der Waals surface area contributed by atoms with E-state index in [4.69, 9.17) is 16.3 Å². The van der Waals surface area contributed by atoms with Gasteiger partial charge in [-0.1, -0.05) is 30.2 Å². The van der Waals surface area contributed by atoms with E-state index in [0.29, 0.717) is 17.1 Å². The van der Waals surface area contributed by atoms with Gasteiger partial charge in [-0.25, -0.2) is 13.1 Å². The van der Waals surface area contributed by atoms with Crippen LogP contribution >= 0.6 is 11.6 Å². The number of hydrogen-bond acceptors (Lipinski definition) is 4. The van der Waals surface area contributed by atoms with Crippen LogP contribution in [0.4, 0.5) is 0 Å². The Kier molecular flexibility index (Phi) is 7.79. The summed E-state index contributed by atoms with van der Waals surface area (Å²) in [4.78, 5) is 2.40. The van der Waals surface area contributed by atoms with E-state index >= 15 is 0 Å². The molecule has 1 saturated heterocycles. The third-order valence-electron chi connectivity index (χ3n) is 3.82. The van der Waals surface area contributed by atoms with Crippen molar-refractivity contribution in [1.82, 2.24) is 9.62 Å². The van der Waals surface area contributed by atoms with E-state index in [9.17, 15) is 8.42 Å². The Hall–Kier alpha value is -0.660. The van der Waals surface area contributed by atoms with Crippen molar-refractivity contribution in [3.05, 3.63) is 34.9 Å². The second kappa shape index (κ2) is 9.59. The highest BCUT2D eigenvalue weighted by Gasteiger charge is 2.12.